The summed E-state index contributed by atoms with van der Waals surface area (Å²) in [5.74, 6) is -3.29. The van der Waals surface area contributed by atoms with Gasteiger partial charge in [-0.2, -0.15) is 5.11 Å². The number of nitrogens with one attached hydrogen (secondary N) is 3. The molecule has 6 atom stereocenters. The summed E-state index contributed by atoms with van der Waals surface area (Å²) in [6.07, 6.45) is 5.03. The van der Waals surface area contributed by atoms with E-state index in [0.29, 0.717) is 25.2 Å². The lowest BCUT2D eigenvalue weighted by atomic mass is 9.75. The number of hydrogen-bond donors (Lipinski definition) is 3. The maximum absolute atomic E-state index is 14.4. The van der Waals surface area contributed by atoms with Gasteiger partial charge >= 0.3 is 0 Å². The number of likely N-dealkylation sites (tertiary alicyclic amines) is 1. The Morgan fingerprint density at radius 3 is 2.30 bits per heavy atom. The highest BCUT2D eigenvalue weighted by atomic mass is 16.2. The molecule has 0 aromatic rings. The average molecular weight is 642 g/mol. The van der Waals surface area contributed by atoms with Crippen LogP contribution in [0, 0.1) is 29.1 Å². The maximum Gasteiger partial charge on any atom is 0.289 e. The van der Waals surface area contributed by atoms with Gasteiger partial charge in [-0.15, -0.1) is 5.11 Å². The maximum atomic E-state index is 14.4. The van der Waals surface area contributed by atoms with E-state index in [1.54, 1.807) is 4.90 Å². The molecule has 13 heteroatoms. The zero-order valence-electron chi connectivity index (χ0n) is 28.1. The molecule has 254 valence electrons. The summed E-state index contributed by atoms with van der Waals surface area (Å²) in [5.41, 5.74) is -0.627. The molecule has 3 fully saturated rings. The Morgan fingerprint density at radius 2 is 1.72 bits per heavy atom. The van der Waals surface area contributed by atoms with Crippen LogP contribution in [0.5, 0.6) is 0 Å². The normalized spacial score (nSPS) is 24.2. The molecule has 0 spiro atoms. The first-order valence-electron chi connectivity index (χ1n) is 16.9. The molecular formula is C33H51N7O6. The van der Waals surface area contributed by atoms with E-state index in [4.69, 9.17) is 0 Å². The quantitative estimate of drug-likeness (QED) is 0.231. The van der Waals surface area contributed by atoms with Crippen molar-refractivity contribution in [1.82, 2.24) is 20.9 Å². The molecule has 3 N–H and O–H groups in total. The lowest BCUT2D eigenvalue weighted by Crippen LogP contribution is -2.56. The summed E-state index contributed by atoms with van der Waals surface area (Å²) in [6.45, 7) is 11.8. The molecule has 0 aromatic carbocycles. The third-order valence-corrected chi connectivity index (χ3v) is 9.69. The monoisotopic (exact) mass is 641 g/mol. The second-order valence-electron chi connectivity index (χ2n) is 14.8. The van der Waals surface area contributed by atoms with Crippen molar-refractivity contribution < 1.29 is 28.8 Å². The van der Waals surface area contributed by atoms with Crippen LogP contribution in [0.15, 0.2) is 15.2 Å². The van der Waals surface area contributed by atoms with Crippen molar-refractivity contribution in [3.8, 4) is 0 Å². The molecule has 4 aliphatic rings. The van der Waals surface area contributed by atoms with E-state index in [-0.39, 0.29) is 55.0 Å². The Morgan fingerprint density at radius 1 is 1.00 bits per heavy atom. The molecule has 2 saturated carbocycles. The largest absolute Gasteiger partial charge is 0.347 e. The fourth-order valence-electron chi connectivity index (χ4n) is 6.95. The third kappa shape index (κ3) is 8.64. The molecule has 1 unspecified atom stereocenters. The SMILES string of the molecule is CCCC(NC(=O)[C@@H]1[C@H]2CCC[C@H]2CN1C(=O)[C@@H](CC(=O)[C@@H](NC(=O)CC1=NCN=N1)C(C)C)C(C)(C)C)C(=O)C(=O)NC1CC1. The molecule has 46 heavy (non-hydrogen) atoms. The number of aliphatic imine (C=N–C) groups is 1. The predicted molar refractivity (Wildman–Crippen MR) is 170 cm³/mol. The van der Waals surface area contributed by atoms with Gasteiger partial charge in [-0.05, 0) is 55.3 Å². The number of carbonyl (C=O) groups excluding carboxylic acids is 6. The molecule has 13 nitrogen and oxygen atoms in total. The van der Waals surface area contributed by atoms with Crippen LogP contribution in [0.1, 0.15) is 99.3 Å². The number of amides is 4. The van der Waals surface area contributed by atoms with E-state index in [1.165, 1.54) is 0 Å². The van der Waals surface area contributed by atoms with Gasteiger partial charge < -0.3 is 20.9 Å². The van der Waals surface area contributed by atoms with Crippen molar-refractivity contribution >= 4 is 41.0 Å². The molecule has 4 rings (SSSR count). The molecule has 4 amide bonds. The minimum absolute atomic E-state index is 0.0189. The van der Waals surface area contributed by atoms with E-state index in [1.807, 2.05) is 41.5 Å². The Bertz CT molecular complexity index is 1270. The smallest absolute Gasteiger partial charge is 0.289 e. The molecule has 2 aliphatic carbocycles. The van der Waals surface area contributed by atoms with Crippen LogP contribution in [0.2, 0.25) is 0 Å². The van der Waals surface area contributed by atoms with E-state index in [0.717, 1.165) is 32.1 Å². The Kier molecular flexibility index (Phi) is 11.5. The fraction of sp³-hybridized carbons (Fsp3) is 0.788. The topological polar surface area (TPSA) is 179 Å². The minimum atomic E-state index is -0.972. The molecule has 0 bridgehead atoms. The summed E-state index contributed by atoms with van der Waals surface area (Å²) >= 11 is 0. The highest BCUT2D eigenvalue weighted by Gasteiger charge is 2.52. The van der Waals surface area contributed by atoms with E-state index in [9.17, 15) is 28.8 Å². The second kappa shape index (κ2) is 14.9. The average Bonchev–Trinajstić information content (AvgIpc) is 3.32. The van der Waals surface area contributed by atoms with Crippen LogP contribution in [0.25, 0.3) is 0 Å². The number of hydrogen-bond acceptors (Lipinski definition) is 9. The zero-order valence-corrected chi connectivity index (χ0v) is 28.1. The predicted octanol–water partition coefficient (Wildman–Crippen LogP) is 2.72. The van der Waals surface area contributed by atoms with E-state index >= 15 is 0 Å². The minimum Gasteiger partial charge on any atom is -0.347 e. The van der Waals surface area contributed by atoms with E-state index < -0.39 is 53.0 Å². The van der Waals surface area contributed by atoms with Crippen molar-refractivity contribution in [2.24, 2.45) is 44.3 Å². The number of nitrogens with zero attached hydrogens (tertiary/aromatic N) is 4. The highest BCUT2D eigenvalue weighted by Crippen LogP contribution is 2.44. The summed E-state index contributed by atoms with van der Waals surface area (Å²) in [7, 11) is 0. The van der Waals surface area contributed by atoms with Crippen molar-refractivity contribution in [1.29, 1.82) is 0 Å². The Hall–Kier alpha value is -3.51. The van der Waals surface area contributed by atoms with Gasteiger partial charge in [0.1, 0.15) is 6.04 Å². The summed E-state index contributed by atoms with van der Waals surface area (Å²) < 4.78 is 0. The summed E-state index contributed by atoms with van der Waals surface area (Å²) in [4.78, 5) is 86.2. The summed E-state index contributed by atoms with van der Waals surface area (Å²) in [6, 6.07) is -2.56. The number of fused-ring (bicyclic) bond motifs is 1. The third-order valence-electron chi connectivity index (χ3n) is 9.69. The van der Waals surface area contributed by atoms with Gasteiger partial charge in [0.2, 0.25) is 23.5 Å². The first-order valence-corrected chi connectivity index (χ1v) is 16.9. The van der Waals surface area contributed by atoms with Crippen molar-refractivity contribution in [3.63, 3.8) is 0 Å². The molecule has 1 saturated heterocycles. The van der Waals surface area contributed by atoms with Crippen molar-refractivity contribution in [2.45, 2.75) is 123 Å². The highest BCUT2D eigenvalue weighted by molar-refractivity contribution is 6.38. The number of amidine groups is 1. The van der Waals surface area contributed by atoms with Crippen LogP contribution >= 0.6 is 0 Å². The van der Waals surface area contributed by atoms with Crippen LogP contribution in [0.4, 0.5) is 0 Å². The van der Waals surface area contributed by atoms with Gasteiger partial charge in [-0.1, -0.05) is 54.4 Å². The van der Waals surface area contributed by atoms with Gasteiger partial charge in [0.15, 0.2) is 18.3 Å². The second-order valence-corrected chi connectivity index (χ2v) is 14.8. The van der Waals surface area contributed by atoms with E-state index in [2.05, 4.69) is 31.2 Å². The molecule has 2 heterocycles. The van der Waals surface area contributed by atoms with Crippen LogP contribution in [-0.2, 0) is 28.8 Å². The molecule has 0 aromatic heterocycles. The van der Waals surface area contributed by atoms with Gasteiger partial charge in [-0.25, -0.2) is 4.99 Å². The number of rotatable bonds is 15. The zero-order chi connectivity index (χ0) is 33.8. The number of Topliss-reactive ketones (excluding diaryl/α,β-unsaturated/α-hetero) is 2. The molecule has 0 radical (unpaired) electrons. The van der Waals surface area contributed by atoms with Crippen LogP contribution in [0.3, 0.4) is 0 Å². The molecular weight excluding hydrogens is 590 g/mol. The summed E-state index contributed by atoms with van der Waals surface area (Å²) in [5, 5.41) is 16.0. The standard InChI is InChI=1S/C33H51N7O6/c1-7-9-23(29(43)31(45)36-20-12-13-20)37-30(44)28-21-11-8-10-19(21)16-40(28)32(46)22(33(4,5)6)14-24(41)27(18(2)3)38-26(42)15-25-34-17-35-39-25/h18-23,27-28H,7-17H2,1-6H3,(H,36,45)(H,37,44)(H,38,42)/t19-,21-,22+,23?,27-,28-/m0/s1. The Balaban J connectivity index is 1.51. The lowest BCUT2D eigenvalue weighted by molar-refractivity contribution is -0.148. The van der Waals surface area contributed by atoms with Crippen molar-refractivity contribution in [2.75, 3.05) is 13.2 Å². The van der Waals surface area contributed by atoms with Crippen LogP contribution < -0.4 is 16.0 Å². The van der Waals surface area contributed by atoms with Gasteiger partial charge in [-0.3, -0.25) is 28.8 Å². The van der Waals surface area contributed by atoms with Gasteiger partial charge in [0.05, 0.1) is 18.5 Å². The van der Waals surface area contributed by atoms with Crippen LogP contribution in [-0.4, -0.2) is 83.3 Å². The number of carbonyl (C=O) groups is 6. The number of ketones is 2. The van der Waals surface area contributed by atoms with Crippen molar-refractivity contribution in [3.05, 3.63) is 0 Å². The van der Waals surface area contributed by atoms with Gasteiger partial charge in [0, 0.05) is 24.9 Å². The Labute approximate surface area is 271 Å². The first kappa shape index (κ1) is 35.3. The van der Waals surface area contributed by atoms with Gasteiger partial charge in [0.25, 0.3) is 5.91 Å². The molecule has 2 aliphatic heterocycles. The lowest BCUT2D eigenvalue weighted by Gasteiger charge is -2.37. The fourth-order valence-corrected chi connectivity index (χ4v) is 6.95. The number of azo groups is 1. The first-order chi connectivity index (χ1) is 21.7.